The number of likely N-dealkylation sites (N-methyl/N-ethyl adjacent to an activating group) is 1. The van der Waals surface area contributed by atoms with Gasteiger partial charge in [-0.3, -0.25) is 9.59 Å². The van der Waals surface area contributed by atoms with Crippen molar-refractivity contribution in [1.29, 1.82) is 0 Å². The molecule has 0 fully saturated rings. The number of aliphatic carboxylic acids is 1. The lowest BCUT2D eigenvalue weighted by molar-refractivity contribution is -0.148. The van der Waals surface area contributed by atoms with Gasteiger partial charge in [0, 0.05) is 20.0 Å². The first-order valence-corrected chi connectivity index (χ1v) is 7.30. The zero-order valence-electron chi connectivity index (χ0n) is 13.5. The van der Waals surface area contributed by atoms with Crippen LogP contribution in [0.3, 0.4) is 0 Å². The maximum absolute atomic E-state index is 11.7. The van der Waals surface area contributed by atoms with Gasteiger partial charge in [-0.2, -0.15) is 0 Å². The van der Waals surface area contributed by atoms with Crippen LogP contribution in [0.5, 0.6) is 0 Å². The van der Waals surface area contributed by atoms with E-state index in [9.17, 15) is 14.4 Å². The highest BCUT2D eigenvalue weighted by Gasteiger charge is 2.20. The minimum Gasteiger partial charge on any atom is -0.480 e. The van der Waals surface area contributed by atoms with Gasteiger partial charge in [-0.1, -0.05) is 6.92 Å². The molecule has 0 aliphatic carbocycles. The first-order chi connectivity index (χ1) is 10.4. The van der Waals surface area contributed by atoms with Crippen molar-refractivity contribution in [3.63, 3.8) is 0 Å². The summed E-state index contributed by atoms with van der Waals surface area (Å²) in [5.74, 6) is -1.34. The van der Waals surface area contributed by atoms with E-state index in [1.165, 1.54) is 18.9 Å². The third kappa shape index (κ3) is 9.30. The molecule has 0 heterocycles. The molecule has 0 aliphatic heterocycles. The van der Waals surface area contributed by atoms with Gasteiger partial charge in [0.05, 0.1) is 32.8 Å². The molecule has 0 unspecified atom stereocenters. The number of ether oxygens (including phenoxy) is 2. The zero-order chi connectivity index (χ0) is 17.0. The fourth-order valence-corrected chi connectivity index (χ4v) is 1.43. The summed E-state index contributed by atoms with van der Waals surface area (Å²) in [4.78, 5) is 34.5. The molecule has 128 valence electrons. The Balaban J connectivity index is 3.51. The summed E-state index contributed by atoms with van der Waals surface area (Å²) in [6.45, 7) is 5.03. The minimum absolute atomic E-state index is 0.0157. The molecule has 0 spiro atoms. The van der Waals surface area contributed by atoms with Crippen molar-refractivity contribution in [2.75, 3.05) is 40.0 Å². The van der Waals surface area contributed by atoms with Crippen molar-refractivity contribution >= 4 is 17.8 Å². The summed E-state index contributed by atoms with van der Waals surface area (Å²) in [7, 11) is 1.45. The second kappa shape index (κ2) is 11.9. The van der Waals surface area contributed by atoms with E-state index in [1.54, 1.807) is 6.92 Å². The molecule has 0 rings (SSSR count). The number of hydrogen-bond acceptors (Lipinski definition) is 5. The van der Waals surface area contributed by atoms with E-state index in [1.807, 2.05) is 0 Å². The summed E-state index contributed by atoms with van der Waals surface area (Å²) in [5.41, 5.74) is 0. The van der Waals surface area contributed by atoms with Crippen molar-refractivity contribution in [1.82, 2.24) is 10.2 Å². The molecule has 0 aromatic rings. The summed E-state index contributed by atoms with van der Waals surface area (Å²) < 4.78 is 10.5. The van der Waals surface area contributed by atoms with Crippen LogP contribution < -0.4 is 5.32 Å². The van der Waals surface area contributed by atoms with Gasteiger partial charge >= 0.3 is 5.97 Å². The van der Waals surface area contributed by atoms with E-state index < -0.39 is 12.0 Å². The van der Waals surface area contributed by atoms with E-state index in [0.29, 0.717) is 32.8 Å². The van der Waals surface area contributed by atoms with E-state index in [-0.39, 0.29) is 24.8 Å². The van der Waals surface area contributed by atoms with Crippen LogP contribution in [-0.4, -0.2) is 73.9 Å². The maximum atomic E-state index is 11.7. The Morgan fingerprint density at radius 2 is 1.73 bits per heavy atom. The fraction of sp³-hybridized carbons (Fsp3) is 0.786. The average molecular weight is 318 g/mol. The van der Waals surface area contributed by atoms with Gasteiger partial charge in [0.1, 0.15) is 6.04 Å². The molecule has 0 saturated heterocycles. The van der Waals surface area contributed by atoms with Gasteiger partial charge < -0.3 is 24.8 Å². The fourth-order valence-electron chi connectivity index (χ4n) is 1.43. The topological polar surface area (TPSA) is 105 Å². The Labute approximate surface area is 130 Å². The van der Waals surface area contributed by atoms with E-state index in [2.05, 4.69) is 5.32 Å². The van der Waals surface area contributed by atoms with E-state index in [4.69, 9.17) is 14.6 Å². The van der Waals surface area contributed by atoms with Gasteiger partial charge in [0.2, 0.25) is 11.8 Å². The Hall–Kier alpha value is -1.67. The third-order valence-electron chi connectivity index (χ3n) is 3.05. The highest BCUT2D eigenvalue weighted by molar-refractivity contribution is 5.83. The quantitative estimate of drug-likeness (QED) is 0.486. The van der Waals surface area contributed by atoms with Crippen LogP contribution in [0.15, 0.2) is 0 Å². The third-order valence-corrected chi connectivity index (χ3v) is 3.05. The molecule has 8 heteroatoms. The summed E-state index contributed by atoms with van der Waals surface area (Å²) in [5, 5.41) is 11.5. The molecule has 0 saturated carbocycles. The molecule has 1 atom stereocenters. The lowest BCUT2D eigenvalue weighted by Gasteiger charge is -2.21. The summed E-state index contributed by atoms with van der Waals surface area (Å²) in [6, 6.07) is -0.853. The number of amides is 2. The van der Waals surface area contributed by atoms with E-state index >= 15 is 0 Å². The molecule has 0 aromatic heterocycles. The number of rotatable bonds is 12. The highest BCUT2D eigenvalue weighted by Crippen LogP contribution is 1.99. The first kappa shape index (κ1) is 20.3. The lowest BCUT2D eigenvalue weighted by Crippen LogP contribution is -2.40. The Morgan fingerprint density at radius 3 is 2.27 bits per heavy atom. The van der Waals surface area contributed by atoms with Crippen molar-refractivity contribution < 1.29 is 29.0 Å². The van der Waals surface area contributed by atoms with Crippen molar-refractivity contribution in [3.8, 4) is 0 Å². The first-order valence-electron chi connectivity index (χ1n) is 7.30. The van der Waals surface area contributed by atoms with Gasteiger partial charge in [0.15, 0.2) is 0 Å². The van der Waals surface area contributed by atoms with E-state index in [0.717, 1.165) is 0 Å². The SMILES string of the molecule is CCC(=O)NCCOCCOCCC(=O)N(C)[C@@H](C)C(=O)O. The van der Waals surface area contributed by atoms with Gasteiger partial charge in [-0.05, 0) is 6.92 Å². The number of carboxylic acids is 1. The highest BCUT2D eigenvalue weighted by atomic mass is 16.5. The van der Waals surface area contributed by atoms with Crippen LogP contribution in [0.4, 0.5) is 0 Å². The number of carboxylic acid groups (broad SMARTS) is 1. The summed E-state index contributed by atoms with van der Waals surface area (Å²) in [6.07, 6.45) is 0.576. The van der Waals surface area contributed by atoms with Gasteiger partial charge in [-0.25, -0.2) is 4.79 Å². The maximum Gasteiger partial charge on any atom is 0.326 e. The molecule has 8 nitrogen and oxygen atoms in total. The number of hydrogen-bond donors (Lipinski definition) is 2. The number of nitrogens with one attached hydrogen (secondary N) is 1. The Kier molecular flexibility index (Phi) is 11.0. The van der Waals surface area contributed by atoms with Crippen LogP contribution in [0.1, 0.15) is 26.7 Å². The predicted octanol–water partition coefficient (Wildman–Crippen LogP) is -0.133. The predicted molar refractivity (Wildman–Crippen MR) is 79.4 cm³/mol. The van der Waals surface area contributed by atoms with Crippen molar-refractivity contribution in [2.45, 2.75) is 32.7 Å². The number of carbonyl (C=O) groups is 3. The standard InChI is InChI=1S/C14H26N2O6/c1-4-12(17)15-6-8-22-10-9-21-7-5-13(18)16(3)11(2)14(19)20/h11H,4-10H2,1-3H3,(H,15,17)(H,19,20)/t11-/m0/s1. The number of nitrogens with zero attached hydrogens (tertiary/aromatic N) is 1. The second-order valence-electron chi connectivity index (χ2n) is 4.70. The van der Waals surface area contributed by atoms with Crippen LogP contribution in [0.25, 0.3) is 0 Å². The van der Waals surface area contributed by atoms with Crippen molar-refractivity contribution in [2.24, 2.45) is 0 Å². The zero-order valence-corrected chi connectivity index (χ0v) is 13.5. The smallest absolute Gasteiger partial charge is 0.326 e. The Bertz CT molecular complexity index is 361. The average Bonchev–Trinajstić information content (AvgIpc) is 2.50. The van der Waals surface area contributed by atoms with Crippen LogP contribution >= 0.6 is 0 Å². The largest absolute Gasteiger partial charge is 0.480 e. The lowest BCUT2D eigenvalue weighted by atomic mass is 10.3. The molecular formula is C14H26N2O6. The van der Waals surface area contributed by atoms with Crippen molar-refractivity contribution in [3.05, 3.63) is 0 Å². The summed E-state index contributed by atoms with van der Waals surface area (Å²) >= 11 is 0. The molecule has 0 aliphatic rings. The second-order valence-corrected chi connectivity index (χ2v) is 4.70. The number of carbonyl (C=O) groups excluding carboxylic acids is 2. The normalized spacial score (nSPS) is 11.8. The van der Waals surface area contributed by atoms with Gasteiger partial charge in [0.25, 0.3) is 0 Å². The Morgan fingerprint density at radius 1 is 1.14 bits per heavy atom. The van der Waals surface area contributed by atoms with Gasteiger partial charge in [-0.15, -0.1) is 0 Å². The molecule has 0 radical (unpaired) electrons. The molecular weight excluding hydrogens is 292 g/mol. The molecule has 2 amide bonds. The molecule has 22 heavy (non-hydrogen) atoms. The van der Waals surface area contributed by atoms with Crippen LogP contribution in [0, 0.1) is 0 Å². The van der Waals surface area contributed by atoms with Crippen LogP contribution in [-0.2, 0) is 23.9 Å². The molecule has 2 N–H and O–H groups in total. The molecule has 0 bridgehead atoms. The minimum atomic E-state index is -1.04. The molecule has 0 aromatic carbocycles. The van der Waals surface area contributed by atoms with Crippen LogP contribution in [0.2, 0.25) is 0 Å². The monoisotopic (exact) mass is 318 g/mol.